The minimum Gasteiger partial charge on any atom is -0.354 e. The molecule has 1 aliphatic carbocycles. The van der Waals surface area contributed by atoms with E-state index in [4.69, 9.17) is 0 Å². The molecular weight excluding hydrogens is 330 g/mol. The molecule has 0 aromatic heterocycles. The Morgan fingerprint density at radius 3 is 2.15 bits per heavy atom. The summed E-state index contributed by atoms with van der Waals surface area (Å²) in [6.07, 6.45) is 1.91. The molecule has 6 heteroatoms. The van der Waals surface area contributed by atoms with E-state index in [1.54, 1.807) is 19.1 Å². The van der Waals surface area contributed by atoms with Crippen LogP contribution in [0.2, 0.25) is 0 Å². The van der Waals surface area contributed by atoms with Crippen molar-refractivity contribution in [1.29, 1.82) is 0 Å². The van der Waals surface area contributed by atoms with Gasteiger partial charge in [0.05, 0.1) is 0 Å². The summed E-state index contributed by atoms with van der Waals surface area (Å²) in [6.45, 7) is 8.72. The molecule has 0 heterocycles. The van der Waals surface area contributed by atoms with Crippen molar-refractivity contribution < 1.29 is 14.4 Å². The Kier molecular flexibility index (Phi) is 6.40. The Morgan fingerprint density at radius 2 is 1.62 bits per heavy atom. The molecule has 1 atom stereocenters. The first-order valence-corrected chi connectivity index (χ1v) is 9.15. The molecule has 0 radical (unpaired) electrons. The van der Waals surface area contributed by atoms with Gasteiger partial charge in [0.15, 0.2) is 0 Å². The van der Waals surface area contributed by atoms with E-state index in [2.05, 4.69) is 36.7 Å². The molecule has 1 fully saturated rings. The van der Waals surface area contributed by atoms with Gasteiger partial charge in [0.2, 0.25) is 11.8 Å². The van der Waals surface area contributed by atoms with Gasteiger partial charge in [-0.3, -0.25) is 14.4 Å². The first-order chi connectivity index (χ1) is 12.2. The third-order valence-corrected chi connectivity index (χ3v) is 4.43. The van der Waals surface area contributed by atoms with Gasteiger partial charge in [-0.25, -0.2) is 0 Å². The van der Waals surface area contributed by atoms with Gasteiger partial charge in [0, 0.05) is 24.6 Å². The molecule has 1 aromatic rings. The van der Waals surface area contributed by atoms with Crippen molar-refractivity contribution >= 4 is 17.7 Å². The lowest BCUT2D eigenvalue weighted by Gasteiger charge is -2.19. The highest BCUT2D eigenvalue weighted by atomic mass is 16.2. The van der Waals surface area contributed by atoms with E-state index >= 15 is 0 Å². The summed E-state index contributed by atoms with van der Waals surface area (Å²) in [7, 11) is 0. The first kappa shape index (κ1) is 19.9. The van der Waals surface area contributed by atoms with Crippen LogP contribution in [-0.2, 0) is 15.0 Å². The summed E-state index contributed by atoms with van der Waals surface area (Å²) in [5, 5.41) is 8.19. The third kappa shape index (κ3) is 5.86. The average Bonchev–Trinajstić information content (AvgIpc) is 3.42. The third-order valence-electron chi connectivity index (χ3n) is 4.43. The molecule has 142 valence electrons. The normalized spacial score (nSPS) is 15.1. The number of nitrogens with one attached hydrogen (secondary N) is 3. The molecule has 0 bridgehead atoms. The van der Waals surface area contributed by atoms with E-state index in [-0.39, 0.29) is 29.1 Å². The maximum Gasteiger partial charge on any atom is 0.251 e. The van der Waals surface area contributed by atoms with Crippen LogP contribution in [0.25, 0.3) is 0 Å². The number of amides is 3. The number of carbonyl (C=O) groups excluding carboxylic acids is 3. The Balaban J connectivity index is 1.74. The summed E-state index contributed by atoms with van der Waals surface area (Å²) < 4.78 is 0. The van der Waals surface area contributed by atoms with Crippen molar-refractivity contribution in [2.24, 2.45) is 5.92 Å². The van der Waals surface area contributed by atoms with E-state index in [0.29, 0.717) is 18.7 Å². The Bertz CT molecular complexity index is 658. The minimum absolute atomic E-state index is 0.0249. The highest BCUT2D eigenvalue weighted by Crippen LogP contribution is 2.28. The summed E-state index contributed by atoms with van der Waals surface area (Å²) in [5.74, 6) is -0.339. The number of hydrogen-bond acceptors (Lipinski definition) is 3. The van der Waals surface area contributed by atoms with Crippen molar-refractivity contribution in [1.82, 2.24) is 16.0 Å². The monoisotopic (exact) mass is 359 g/mol. The summed E-state index contributed by atoms with van der Waals surface area (Å²) in [4.78, 5) is 35.8. The Hall–Kier alpha value is -2.37. The Labute approximate surface area is 155 Å². The number of benzene rings is 1. The van der Waals surface area contributed by atoms with Crippen LogP contribution >= 0.6 is 0 Å². The zero-order valence-corrected chi connectivity index (χ0v) is 16.0. The van der Waals surface area contributed by atoms with Gasteiger partial charge in [0.1, 0.15) is 6.04 Å². The van der Waals surface area contributed by atoms with Gasteiger partial charge in [-0.05, 0) is 42.9 Å². The van der Waals surface area contributed by atoms with Crippen molar-refractivity contribution in [3.63, 3.8) is 0 Å². The minimum atomic E-state index is -0.649. The van der Waals surface area contributed by atoms with Crippen LogP contribution in [0.3, 0.4) is 0 Å². The van der Waals surface area contributed by atoms with Gasteiger partial charge >= 0.3 is 0 Å². The van der Waals surface area contributed by atoms with Gasteiger partial charge in [-0.15, -0.1) is 0 Å². The molecule has 1 unspecified atom stereocenters. The lowest BCUT2D eigenvalue weighted by molar-refractivity contribution is -0.124. The van der Waals surface area contributed by atoms with Gasteiger partial charge in [-0.1, -0.05) is 32.9 Å². The predicted octanol–water partition coefficient (Wildman–Crippen LogP) is 1.74. The van der Waals surface area contributed by atoms with Crippen molar-refractivity contribution in [3.05, 3.63) is 35.4 Å². The van der Waals surface area contributed by atoms with Crippen LogP contribution in [0.4, 0.5) is 0 Å². The zero-order chi connectivity index (χ0) is 19.3. The maximum absolute atomic E-state index is 12.3. The first-order valence-electron chi connectivity index (χ1n) is 9.15. The van der Waals surface area contributed by atoms with E-state index in [1.807, 2.05) is 12.1 Å². The van der Waals surface area contributed by atoms with Gasteiger partial charge in [-0.2, -0.15) is 0 Å². The predicted molar refractivity (Wildman–Crippen MR) is 101 cm³/mol. The topological polar surface area (TPSA) is 87.3 Å². The summed E-state index contributed by atoms with van der Waals surface area (Å²) in [5.41, 5.74) is 1.69. The fourth-order valence-electron chi connectivity index (χ4n) is 2.48. The molecule has 26 heavy (non-hydrogen) atoms. The number of hydrogen-bond donors (Lipinski definition) is 3. The van der Waals surface area contributed by atoms with E-state index in [9.17, 15) is 14.4 Å². The van der Waals surface area contributed by atoms with E-state index < -0.39 is 6.04 Å². The van der Waals surface area contributed by atoms with Crippen LogP contribution < -0.4 is 16.0 Å². The van der Waals surface area contributed by atoms with E-state index in [0.717, 1.165) is 18.4 Å². The lowest BCUT2D eigenvalue weighted by Crippen LogP contribution is -2.46. The second kappa shape index (κ2) is 8.34. The van der Waals surface area contributed by atoms with Crippen LogP contribution in [0.15, 0.2) is 24.3 Å². The van der Waals surface area contributed by atoms with Gasteiger partial charge < -0.3 is 16.0 Å². The molecular formula is C20H29N3O3. The fourth-order valence-corrected chi connectivity index (χ4v) is 2.48. The van der Waals surface area contributed by atoms with Crippen LogP contribution in [0, 0.1) is 5.92 Å². The molecule has 3 N–H and O–H groups in total. The molecule has 1 saturated carbocycles. The number of rotatable bonds is 7. The molecule has 6 nitrogen and oxygen atoms in total. The molecule has 1 aromatic carbocycles. The summed E-state index contributed by atoms with van der Waals surface area (Å²) in [6, 6.07) is 6.76. The van der Waals surface area contributed by atoms with Crippen molar-refractivity contribution in [2.75, 3.05) is 13.1 Å². The van der Waals surface area contributed by atoms with Crippen LogP contribution in [-0.4, -0.2) is 36.9 Å². The van der Waals surface area contributed by atoms with Crippen LogP contribution in [0.5, 0.6) is 0 Å². The lowest BCUT2D eigenvalue weighted by atomic mass is 9.86. The average molecular weight is 359 g/mol. The molecule has 0 spiro atoms. The largest absolute Gasteiger partial charge is 0.354 e. The molecule has 0 aliphatic heterocycles. The van der Waals surface area contributed by atoms with Crippen molar-refractivity contribution in [2.45, 2.75) is 52.0 Å². The molecule has 0 saturated heterocycles. The molecule has 1 aliphatic rings. The second-order valence-corrected chi connectivity index (χ2v) is 7.88. The second-order valence-electron chi connectivity index (χ2n) is 7.88. The molecule has 2 rings (SSSR count). The highest BCUT2D eigenvalue weighted by Gasteiger charge is 2.29. The van der Waals surface area contributed by atoms with Crippen molar-refractivity contribution in [3.8, 4) is 0 Å². The fraction of sp³-hybridized carbons (Fsp3) is 0.550. The van der Waals surface area contributed by atoms with E-state index in [1.165, 1.54) is 0 Å². The quantitative estimate of drug-likeness (QED) is 0.648. The maximum atomic E-state index is 12.3. The zero-order valence-electron chi connectivity index (χ0n) is 16.0. The smallest absolute Gasteiger partial charge is 0.251 e. The highest BCUT2D eigenvalue weighted by molar-refractivity contribution is 5.97. The summed E-state index contributed by atoms with van der Waals surface area (Å²) >= 11 is 0. The van der Waals surface area contributed by atoms with Gasteiger partial charge in [0.25, 0.3) is 5.91 Å². The molecule has 3 amide bonds. The Morgan fingerprint density at radius 1 is 1.04 bits per heavy atom. The number of carbonyl (C=O) groups is 3. The SMILES string of the molecule is CC(NC(=O)c1ccc(C(C)(C)C)cc1)C(=O)NCCNC(=O)C1CC1. The standard InChI is InChI=1S/C20H29N3O3/c1-13(17(24)21-11-12-22-18(25)14-5-6-14)23-19(26)15-7-9-16(10-8-15)20(2,3)4/h7-10,13-14H,5-6,11-12H2,1-4H3,(H,21,24)(H,22,25)(H,23,26). The van der Waals surface area contributed by atoms with Crippen LogP contribution in [0.1, 0.15) is 56.5 Å².